The fourth-order valence-electron chi connectivity index (χ4n) is 2.94. The van der Waals surface area contributed by atoms with Crippen LogP contribution in [0.5, 0.6) is 0 Å². The van der Waals surface area contributed by atoms with Crippen molar-refractivity contribution in [2.45, 2.75) is 64.8 Å². The summed E-state index contributed by atoms with van der Waals surface area (Å²) in [5, 5.41) is 14.9. The molecular formula is C24H32N2O3. The van der Waals surface area contributed by atoms with Crippen LogP contribution in [0.15, 0.2) is 48.5 Å². The minimum Gasteiger partial charge on any atom is -0.480 e. The standard InChI is InChI=1S/C24H32N2O3/c1-23(2,3)17-13-18(24(4,5)6)15-19(14-17)25-22(29)26-20(21(27)28)12-16-10-8-7-9-11-16/h7-11,13-15,20H,12H2,1-6H3,(H,27,28)(H2,25,26,29)/t20-/m0/s1. The fourth-order valence-corrected chi connectivity index (χ4v) is 2.94. The van der Waals surface area contributed by atoms with Gasteiger partial charge in [-0.05, 0) is 39.7 Å². The van der Waals surface area contributed by atoms with Crippen molar-refractivity contribution in [2.75, 3.05) is 5.32 Å². The number of carboxylic acid groups (broad SMARTS) is 1. The van der Waals surface area contributed by atoms with Crippen molar-refractivity contribution in [2.24, 2.45) is 0 Å². The highest BCUT2D eigenvalue weighted by Crippen LogP contribution is 2.32. The van der Waals surface area contributed by atoms with Crippen molar-refractivity contribution in [1.82, 2.24) is 5.32 Å². The summed E-state index contributed by atoms with van der Waals surface area (Å²) in [6.07, 6.45) is 0.221. The average molecular weight is 397 g/mol. The second-order valence-electron chi connectivity index (χ2n) is 9.48. The molecule has 0 bridgehead atoms. The van der Waals surface area contributed by atoms with Gasteiger partial charge in [-0.3, -0.25) is 0 Å². The van der Waals surface area contributed by atoms with Crippen LogP contribution in [0.25, 0.3) is 0 Å². The summed E-state index contributed by atoms with van der Waals surface area (Å²) in [5.41, 5.74) is 3.57. The molecule has 0 aromatic heterocycles. The first-order valence-electron chi connectivity index (χ1n) is 9.86. The van der Waals surface area contributed by atoms with Crippen LogP contribution in [0.2, 0.25) is 0 Å². The number of urea groups is 1. The number of carbonyl (C=O) groups is 2. The predicted molar refractivity (Wildman–Crippen MR) is 118 cm³/mol. The van der Waals surface area contributed by atoms with Gasteiger partial charge in [-0.15, -0.1) is 0 Å². The van der Waals surface area contributed by atoms with E-state index in [1.807, 2.05) is 42.5 Å². The van der Waals surface area contributed by atoms with Crippen LogP contribution in [0, 0.1) is 0 Å². The first-order valence-corrected chi connectivity index (χ1v) is 9.86. The number of anilines is 1. The Kier molecular flexibility index (Phi) is 6.73. The van der Waals surface area contributed by atoms with Gasteiger partial charge in [0.05, 0.1) is 0 Å². The molecular weight excluding hydrogens is 364 g/mol. The lowest BCUT2D eigenvalue weighted by atomic mass is 9.80. The summed E-state index contributed by atoms with van der Waals surface area (Å²) >= 11 is 0. The van der Waals surface area contributed by atoms with Crippen LogP contribution >= 0.6 is 0 Å². The molecule has 156 valence electrons. The molecule has 0 spiro atoms. The van der Waals surface area contributed by atoms with E-state index in [2.05, 4.69) is 58.2 Å². The second kappa shape index (κ2) is 8.68. The maximum Gasteiger partial charge on any atom is 0.326 e. The lowest BCUT2D eigenvalue weighted by Gasteiger charge is -2.26. The number of rotatable bonds is 5. The summed E-state index contributed by atoms with van der Waals surface area (Å²) < 4.78 is 0. The lowest BCUT2D eigenvalue weighted by molar-refractivity contribution is -0.139. The highest BCUT2D eigenvalue weighted by Gasteiger charge is 2.23. The Balaban J connectivity index is 2.21. The van der Waals surface area contributed by atoms with Crippen LogP contribution in [0.1, 0.15) is 58.2 Å². The zero-order chi connectivity index (χ0) is 21.8. The topological polar surface area (TPSA) is 78.4 Å². The molecule has 0 aliphatic carbocycles. The molecule has 2 aromatic carbocycles. The molecule has 0 unspecified atom stereocenters. The minimum absolute atomic E-state index is 0.0783. The van der Waals surface area contributed by atoms with Crippen LogP contribution < -0.4 is 10.6 Å². The van der Waals surface area contributed by atoms with E-state index in [1.165, 1.54) is 0 Å². The van der Waals surface area contributed by atoms with Gasteiger partial charge in [0.15, 0.2) is 0 Å². The lowest BCUT2D eigenvalue weighted by Crippen LogP contribution is -2.44. The smallest absolute Gasteiger partial charge is 0.326 e. The highest BCUT2D eigenvalue weighted by molar-refractivity contribution is 5.92. The van der Waals surface area contributed by atoms with E-state index in [4.69, 9.17) is 0 Å². The van der Waals surface area contributed by atoms with Crippen molar-refractivity contribution in [3.8, 4) is 0 Å². The number of hydrogen-bond acceptors (Lipinski definition) is 2. The summed E-state index contributed by atoms with van der Waals surface area (Å²) in [5.74, 6) is -1.07. The van der Waals surface area contributed by atoms with Crippen molar-refractivity contribution in [3.63, 3.8) is 0 Å². The molecule has 5 nitrogen and oxygen atoms in total. The molecule has 5 heteroatoms. The van der Waals surface area contributed by atoms with E-state index in [1.54, 1.807) is 0 Å². The highest BCUT2D eigenvalue weighted by atomic mass is 16.4. The zero-order valence-corrected chi connectivity index (χ0v) is 18.2. The molecule has 0 aliphatic rings. The van der Waals surface area contributed by atoms with E-state index < -0.39 is 18.0 Å². The number of aliphatic carboxylic acids is 1. The summed E-state index contributed by atoms with van der Waals surface area (Å²) in [6.45, 7) is 12.7. The van der Waals surface area contributed by atoms with Crippen LogP contribution in [-0.2, 0) is 22.0 Å². The van der Waals surface area contributed by atoms with Gasteiger partial charge in [-0.2, -0.15) is 0 Å². The van der Waals surface area contributed by atoms with Gasteiger partial charge in [0.25, 0.3) is 0 Å². The van der Waals surface area contributed by atoms with Gasteiger partial charge in [-0.25, -0.2) is 9.59 Å². The molecule has 0 fully saturated rings. The Morgan fingerprint density at radius 2 is 1.41 bits per heavy atom. The molecule has 3 N–H and O–H groups in total. The summed E-state index contributed by atoms with van der Waals surface area (Å²) in [6, 6.07) is 13.8. The molecule has 0 aliphatic heterocycles. The Bertz CT molecular complexity index is 830. The van der Waals surface area contributed by atoms with E-state index in [0.29, 0.717) is 5.69 Å². The third-order valence-electron chi connectivity index (χ3n) is 4.81. The summed E-state index contributed by atoms with van der Waals surface area (Å²) in [4.78, 5) is 24.2. The molecule has 0 saturated carbocycles. The quantitative estimate of drug-likeness (QED) is 0.658. The Morgan fingerprint density at radius 3 is 1.86 bits per heavy atom. The molecule has 0 heterocycles. The number of benzene rings is 2. The number of nitrogens with one attached hydrogen (secondary N) is 2. The first-order chi connectivity index (χ1) is 13.4. The molecule has 2 amide bonds. The SMILES string of the molecule is CC(C)(C)c1cc(NC(=O)N[C@@H](Cc2ccccc2)C(=O)O)cc(C(C)(C)C)c1. The first kappa shape index (κ1) is 22.5. The van der Waals surface area contributed by atoms with Crippen molar-refractivity contribution < 1.29 is 14.7 Å². The number of hydrogen-bond donors (Lipinski definition) is 3. The largest absolute Gasteiger partial charge is 0.480 e. The molecule has 1 atom stereocenters. The Labute approximate surface area is 173 Å². The van der Waals surface area contributed by atoms with Crippen LogP contribution in [-0.4, -0.2) is 23.1 Å². The molecule has 0 radical (unpaired) electrons. The Morgan fingerprint density at radius 1 is 0.897 bits per heavy atom. The maximum atomic E-state index is 12.6. The van der Waals surface area contributed by atoms with E-state index >= 15 is 0 Å². The third kappa shape index (κ3) is 6.63. The number of carbonyl (C=O) groups excluding carboxylic acids is 1. The Hall–Kier alpha value is -2.82. The van der Waals surface area contributed by atoms with Gasteiger partial charge in [0.2, 0.25) is 0 Å². The normalized spacial score (nSPS) is 12.9. The monoisotopic (exact) mass is 396 g/mol. The molecule has 29 heavy (non-hydrogen) atoms. The molecule has 0 saturated heterocycles. The van der Waals surface area contributed by atoms with Gasteiger partial charge in [0, 0.05) is 12.1 Å². The van der Waals surface area contributed by atoms with Gasteiger partial charge < -0.3 is 15.7 Å². The van der Waals surface area contributed by atoms with Gasteiger partial charge in [0.1, 0.15) is 6.04 Å². The molecule has 2 aromatic rings. The maximum absolute atomic E-state index is 12.6. The minimum atomic E-state index is -1.07. The van der Waals surface area contributed by atoms with Crippen molar-refractivity contribution in [1.29, 1.82) is 0 Å². The average Bonchev–Trinajstić information content (AvgIpc) is 2.60. The number of carboxylic acids is 1. The van der Waals surface area contributed by atoms with Crippen LogP contribution in [0.3, 0.4) is 0 Å². The zero-order valence-electron chi connectivity index (χ0n) is 18.2. The predicted octanol–water partition coefficient (Wildman–Crippen LogP) is 5.10. The van der Waals surface area contributed by atoms with Crippen molar-refractivity contribution >= 4 is 17.7 Å². The van der Waals surface area contributed by atoms with E-state index in [-0.39, 0.29) is 17.3 Å². The number of amides is 2. The van der Waals surface area contributed by atoms with Crippen molar-refractivity contribution in [3.05, 3.63) is 65.2 Å². The summed E-state index contributed by atoms with van der Waals surface area (Å²) in [7, 11) is 0. The van der Waals surface area contributed by atoms with Gasteiger partial charge in [-0.1, -0.05) is 77.9 Å². The van der Waals surface area contributed by atoms with Gasteiger partial charge >= 0.3 is 12.0 Å². The van der Waals surface area contributed by atoms with E-state index in [9.17, 15) is 14.7 Å². The second-order valence-corrected chi connectivity index (χ2v) is 9.48. The fraction of sp³-hybridized carbons (Fsp3) is 0.417. The van der Waals surface area contributed by atoms with E-state index in [0.717, 1.165) is 16.7 Å². The molecule has 2 rings (SSSR count). The van der Waals surface area contributed by atoms with Crippen LogP contribution in [0.4, 0.5) is 10.5 Å². The third-order valence-corrected chi connectivity index (χ3v) is 4.81.